The van der Waals surface area contributed by atoms with E-state index >= 15 is 0 Å². The number of hydrogen-bond donors (Lipinski definition) is 1. The van der Waals surface area contributed by atoms with Crippen molar-refractivity contribution in [3.05, 3.63) is 35.4 Å². The Labute approximate surface area is 116 Å². The number of aryl methyl sites for hydroxylation is 1. The van der Waals surface area contributed by atoms with Gasteiger partial charge in [0.25, 0.3) is 0 Å². The Morgan fingerprint density at radius 3 is 2.28 bits per heavy atom. The van der Waals surface area contributed by atoms with Gasteiger partial charge in [0, 0.05) is 13.1 Å². The molecule has 0 aliphatic heterocycles. The molecule has 18 heavy (non-hydrogen) atoms. The van der Waals surface area contributed by atoms with E-state index in [9.17, 15) is 4.79 Å². The van der Waals surface area contributed by atoms with E-state index in [2.05, 4.69) is 6.92 Å². The summed E-state index contributed by atoms with van der Waals surface area (Å²) in [4.78, 5) is 14.0. The zero-order valence-corrected chi connectivity index (χ0v) is 12.2. The lowest BCUT2D eigenvalue weighted by Crippen LogP contribution is -2.38. The Kier molecular flexibility index (Phi) is 7.64. The Balaban J connectivity index is 0.00000289. The molecule has 0 aliphatic rings. The normalized spacial score (nSPS) is 11.6. The molecule has 0 radical (unpaired) electrons. The van der Waals surface area contributed by atoms with E-state index < -0.39 is 6.04 Å². The van der Waals surface area contributed by atoms with Gasteiger partial charge >= 0.3 is 0 Å². The molecule has 1 amide bonds. The first-order valence-corrected chi connectivity index (χ1v) is 6.21. The molecule has 0 saturated carbocycles. The van der Waals surface area contributed by atoms with Crippen LogP contribution in [0.25, 0.3) is 0 Å². The van der Waals surface area contributed by atoms with Crippen molar-refractivity contribution < 1.29 is 4.79 Å². The molecule has 0 aromatic heterocycles. The minimum absolute atomic E-state index is 0. The summed E-state index contributed by atoms with van der Waals surface area (Å²) in [6.45, 7) is 7.55. The zero-order valence-electron chi connectivity index (χ0n) is 11.3. The topological polar surface area (TPSA) is 46.3 Å². The number of rotatable bonds is 5. The number of carbonyl (C=O) groups excluding carboxylic acids is 1. The molecule has 0 heterocycles. The predicted molar refractivity (Wildman–Crippen MR) is 77.9 cm³/mol. The van der Waals surface area contributed by atoms with Crippen molar-refractivity contribution in [2.24, 2.45) is 5.73 Å². The fourth-order valence-corrected chi connectivity index (χ4v) is 1.81. The van der Waals surface area contributed by atoms with Crippen molar-refractivity contribution in [1.82, 2.24) is 4.90 Å². The van der Waals surface area contributed by atoms with Crippen molar-refractivity contribution in [1.29, 1.82) is 0 Å². The van der Waals surface area contributed by atoms with Gasteiger partial charge in [0.2, 0.25) is 5.91 Å². The SMILES string of the molecule is CCCN(CC)C(=O)C(N)c1ccc(C)cc1.Cl. The highest BCUT2D eigenvalue weighted by molar-refractivity contribution is 5.85. The van der Waals surface area contributed by atoms with Crippen LogP contribution >= 0.6 is 12.4 Å². The average Bonchev–Trinajstić information content (AvgIpc) is 2.35. The molecule has 0 fully saturated rings. The highest BCUT2D eigenvalue weighted by Gasteiger charge is 2.20. The highest BCUT2D eigenvalue weighted by Crippen LogP contribution is 2.14. The minimum Gasteiger partial charge on any atom is -0.341 e. The molecule has 0 bridgehead atoms. The van der Waals surface area contributed by atoms with Gasteiger partial charge in [-0.15, -0.1) is 12.4 Å². The lowest BCUT2D eigenvalue weighted by Gasteiger charge is -2.24. The summed E-state index contributed by atoms with van der Waals surface area (Å²) in [5.74, 6) is 0.0122. The van der Waals surface area contributed by atoms with Gasteiger partial charge in [0.15, 0.2) is 0 Å². The molecule has 1 rings (SSSR count). The van der Waals surface area contributed by atoms with Crippen LogP contribution in [-0.4, -0.2) is 23.9 Å². The van der Waals surface area contributed by atoms with E-state index in [-0.39, 0.29) is 18.3 Å². The monoisotopic (exact) mass is 270 g/mol. The van der Waals surface area contributed by atoms with E-state index in [4.69, 9.17) is 5.73 Å². The maximum Gasteiger partial charge on any atom is 0.244 e. The van der Waals surface area contributed by atoms with Crippen molar-refractivity contribution in [3.63, 3.8) is 0 Å². The van der Waals surface area contributed by atoms with E-state index in [0.29, 0.717) is 6.54 Å². The Morgan fingerprint density at radius 1 is 1.28 bits per heavy atom. The van der Waals surface area contributed by atoms with Crippen LogP contribution in [0.2, 0.25) is 0 Å². The van der Waals surface area contributed by atoms with Crippen LogP contribution in [0.4, 0.5) is 0 Å². The van der Waals surface area contributed by atoms with E-state index in [1.807, 2.05) is 43.0 Å². The predicted octanol–water partition coefficient (Wildman–Crippen LogP) is 2.68. The standard InChI is InChI=1S/C14H22N2O.ClH/c1-4-10-16(5-2)14(17)13(15)12-8-6-11(3)7-9-12;/h6-9,13H,4-5,10,15H2,1-3H3;1H. The van der Waals surface area contributed by atoms with Crippen LogP contribution < -0.4 is 5.73 Å². The van der Waals surface area contributed by atoms with Crippen LogP contribution in [0.5, 0.6) is 0 Å². The summed E-state index contributed by atoms with van der Waals surface area (Å²) in [5, 5.41) is 0. The molecule has 4 heteroatoms. The first-order chi connectivity index (χ1) is 8.10. The maximum atomic E-state index is 12.2. The third-order valence-electron chi connectivity index (χ3n) is 2.89. The highest BCUT2D eigenvalue weighted by atomic mass is 35.5. The zero-order chi connectivity index (χ0) is 12.8. The number of amides is 1. The summed E-state index contributed by atoms with van der Waals surface area (Å²) in [6, 6.07) is 7.29. The number of hydrogen-bond acceptors (Lipinski definition) is 2. The molecule has 0 saturated heterocycles. The summed E-state index contributed by atoms with van der Waals surface area (Å²) in [7, 11) is 0. The van der Waals surface area contributed by atoms with E-state index in [1.165, 1.54) is 5.56 Å². The molecule has 0 spiro atoms. The Hall–Kier alpha value is -1.06. The molecule has 1 aromatic carbocycles. The summed E-state index contributed by atoms with van der Waals surface area (Å²) in [6.07, 6.45) is 0.959. The molecule has 2 N–H and O–H groups in total. The smallest absolute Gasteiger partial charge is 0.244 e. The number of likely N-dealkylation sites (N-methyl/N-ethyl adjacent to an activating group) is 1. The molecule has 1 atom stereocenters. The van der Waals surface area contributed by atoms with Crippen molar-refractivity contribution in [2.45, 2.75) is 33.2 Å². The van der Waals surface area contributed by atoms with Crippen LogP contribution in [0.15, 0.2) is 24.3 Å². The largest absolute Gasteiger partial charge is 0.341 e. The number of halogens is 1. The fraction of sp³-hybridized carbons (Fsp3) is 0.500. The number of carbonyl (C=O) groups is 1. The average molecular weight is 271 g/mol. The molecule has 1 aromatic rings. The minimum atomic E-state index is -0.540. The van der Waals surface area contributed by atoms with Crippen LogP contribution in [0.3, 0.4) is 0 Å². The summed E-state index contributed by atoms with van der Waals surface area (Å²) < 4.78 is 0. The van der Waals surface area contributed by atoms with Crippen molar-refractivity contribution in [2.75, 3.05) is 13.1 Å². The molecular formula is C14H23ClN2O. The first kappa shape index (κ1) is 16.9. The van der Waals surface area contributed by atoms with Crippen LogP contribution in [-0.2, 0) is 4.79 Å². The maximum absolute atomic E-state index is 12.2. The van der Waals surface area contributed by atoms with Crippen molar-refractivity contribution >= 4 is 18.3 Å². The van der Waals surface area contributed by atoms with Gasteiger partial charge in [0.1, 0.15) is 6.04 Å². The molecule has 102 valence electrons. The summed E-state index contributed by atoms with van der Waals surface area (Å²) >= 11 is 0. The van der Waals surface area contributed by atoms with Gasteiger partial charge < -0.3 is 10.6 Å². The second-order valence-electron chi connectivity index (χ2n) is 4.31. The molecule has 1 unspecified atom stereocenters. The lowest BCUT2D eigenvalue weighted by atomic mass is 10.0. The van der Waals surface area contributed by atoms with E-state index in [0.717, 1.165) is 18.5 Å². The van der Waals surface area contributed by atoms with Gasteiger partial charge in [-0.2, -0.15) is 0 Å². The molecule has 3 nitrogen and oxygen atoms in total. The lowest BCUT2D eigenvalue weighted by molar-refractivity contribution is -0.132. The van der Waals surface area contributed by atoms with Gasteiger partial charge in [-0.25, -0.2) is 0 Å². The second-order valence-corrected chi connectivity index (χ2v) is 4.31. The van der Waals surface area contributed by atoms with Crippen molar-refractivity contribution in [3.8, 4) is 0 Å². The fourth-order valence-electron chi connectivity index (χ4n) is 1.81. The second kappa shape index (κ2) is 8.11. The summed E-state index contributed by atoms with van der Waals surface area (Å²) in [5.41, 5.74) is 8.06. The number of nitrogens with zero attached hydrogens (tertiary/aromatic N) is 1. The van der Waals surface area contributed by atoms with Gasteiger partial charge in [0.05, 0.1) is 0 Å². The Bertz CT molecular complexity index is 365. The van der Waals surface area contributed by atoms with Gasteiger partial charge in [-0.1, -0.05) is 36.8 Å². The number of nitrogens with two attached hydrogens (primary N) is 1. The number of benzene rings is 1. The first-order valence-electron chi connectivity index (χ1n) is 6.21. The van der Waals surface area contributed by atoms with Gasteiger partial charge in [-0.05, 0) is 25.8 Å². The van der Waals surface area contributed by atoms with Gasteiger partial charge in [-0.3, -0.25) is 4.79 Å². The third kappa shape index (κ3) is 4.31. The van der Waals surface area contributed by atoms with E-state index in [1.54, 1.807) is 0 Å². The van der Waals surface area contributed by atoms with Crippen LogP contribution in [0.1, 0.15) is 37.4 Å². The molecule has 0 aliphatic carbocycles. The quantitative estimate of drug-likeness (QED) is 0.894. The van der Waals surface area contributed by atoms with Crippen LogP contribution in [0, 0.1) is 6.92 Å². The molecular weight excluding hydrogens is 248 g/mol. The Morgan fingerprint density at radius 2 is 1.83 bits per heavy atom. The third-order valence-corrected chi connectivity index (χ3v) is 2.89.